The number of nitrogens with two attached hydrogens (primary N) is 1. The van der Waals surface area contributed by atoms with E-state index in [1.165, 1.54) is 24.0 Å². The van der Waals surface area contributed by atoms with Crippen LogP contribution in [-0.4, -0.2) is 24.5 Å². The van der Waals surface area contributed by atoms with Crippen molar-refractivity contribution in [1.82, 2.24) is 4.90 Å². The molecule has 2 unspecified atom stereocenters. The van der Waals surface area contributed by atoms with Crippen molar-refractivity contribution in [2.45, 2.75) is 38.3 Å². The first-order valence-corrected chi connectivity index (χ1v) is 6.27. The van der Waals surface area contributed by atoms with E-state index in [1.54, 1.807) is 0 Å². The van der Waals surface area contributed by atoms with Crippen molar-refractivity contribution in [2.75, 3.05) is 13.6 Å². The first-order valence-electron chi connectivity index (χ1n) is 6.27. The molecule has 0 saturated carbocycles. The van der Waals surface area contributed by atoms with Crippen LogP contribution in [0.2, 0.25) is 0 Å². The molecule has 0 heterocycles. The summed E-state index contributed by atoms with van der Waals surface area (Å²) in [6.07, 6.45) is 3.62. The molecule has 0 aliphatic heterocycles. The fourth-order valence-electron chi connectivity index (χ4n) is 2.61. The first kappa shape index (κ1) is 11.6. The average Bonchev–Trinajstić information content (AvgIpc) is 2.64. The molecule has 1 aromatic rings. The second-order valence-electron chi connectivity index (χ2n) is 4.83. The predicted molar refractivity (Wildman–Crippen MR) is 68.4 cm³/mol. The van der Waals surface area contributed by atoms with E-state index in [9.17, 15) is 0 Å². The molecule has 0 saturated heterocycles. The lowest BCUT2D eigenvalue weighted by atomic mass is 10.1. The lowest BCUT2D eigenvalue weighted by molar-refractivity contribution is 0.219. The highest BCUT2D eigenvalue weighted by atomic mass is 15.1. The van der Waals surface area contributed by atoms with Gasteiger partial charge in [0.1, 0.15) is 0 Å². The summed E-state index contributed by atoms with van der Waals surface area (Å²) < 4.78 is 0. The van der Waals surface area contributed by atoms with Crippen molar-refractivity contribution in [3.63, 3.8) is 0 Å². The number of rotatable bonds is 4. The third-order valence-electron chi connectivity index (χ3n) is 3.69. The molecule has 16 heavy (non-hydrogen) atoms. The Morgan fingerprint density at radius 3 is 2.81 bits per heavy atom. The summed E-state index contributed by atoms with van der Waals surface area (Å²) in [5, 5.41) is 0. The minimum atomic E-state index is 0.193. The van der Waals surface area contributed by atoms with Crippen LogP contribution in [0, 0.1) is 0 Å². The van der Waals surface area contributed by atoms with Gasteiger partial charge in [-0.25, -0.2) is 0 Å². The van der Waals surface area contributed by atoms with Gasteiger partial charge < -0.3 is 10.6 Å². The molecular weight excluding hydrogens is 196 g/mol. The SMILES string of the molecule is CCCCN(C)C1Cc2ccccc2C1N. The van der Waals surface area contributed by atoms with E-state index >= 15 is 0 Å². The number of nitrogens with zero attached hydrogens (tertiary/aromatic N) is 1. The Morgan fingerprint density at radius 2 is 2.12 bits per heavy atom. The van der Waals surface area contributed by atoms with Crippen LogP contribution in [0.3, 0.4) is 0 Å². The number of likely N-dealkylation sites (N-methyl/N-ethyl adjacent to an activating group) is 1. The summed E-state index contributed by atoms with van der Waals surface area (Å²) in [5.74, 6) is 0. The summed E-state index contributed by atoms with van der Waals surface area (Å²) in [6.45, 7) is 3.39. The molecule has 0 aromatic heterocycles. The van der Waals surface area contributed by atoms with E-state index in [-0.39, 0.29) is 6.04 Å². The smallest absolute Gasteiger partial charge is 0.0459 e. The largest absolute Gasteiger partial charge is 0.323 e. The maximum Gasteiger partial charge on any atom is 0.0459 e. The number of hydrogen-bond donors (Lipinski definition) is 1. The van der Waals surface area contributed by atoms with Crippen LogP contribution in [0.25, 0.3) is 0 Å². The van der Waals surface area contributed by atoms with Gasteiger partial charge in [-0.05, 0) is 37.6 Å². The van der Waals surface area contributed by atoms with Gasteiger partial charge in [0.25, 0.3) is 0 Å². The minimum Gasteiger partial charge on any atom is -0.323 e. The van der Waals surface area contributed by atoms with Crippen molar-refractivity contribution >= 4 is 0 Å². The van der Waals surface area contributed by atoms with Crippen molar-refractivity contribution in [3.8, 4) is 0 Å². The molecule has 0 amide bonds. The predicted octanol–water partition coefficient (Wildman–Crippen LogP) is 2.34. The third kappa shape index (κ3) is 2.13. The zero-order chi connectivity index (χ0) is 11.5. The zero-order valence-corrected chi connectivity index (χ0v) is 10.3. The summed E-state index contributed by atoms with van der Waals surface area (Å²) in [5.41, 5.74) is 9.10. The summed E-state index contributed by atoms with van der Waals surface area (Å²) in [7, 11) is 2.20. The average molecular weight is 218 g/mol. The van der Waals surface area contributed by atoms with Crippen LogP contribution in [0.1, 0.15) is 36.9 Å². The van der Waals surface area contributed by atoms with Crippen molar-refractivity contribution < 1.29 is 0 Å². The molecule has 2 atom stereocenters. The monoisotopic (exact) mass is 218 g/mol. The Bertz CT molecular complexity index is 348. The van der Waals surface area contributed by atoms with Gasteiger partial charge in [-0.3, -0.25) is 0 Å². The van der Waals surface area contributed by atoms with Crippen LogP contribution in [0.5, 0.6) is 0 Å². The van der Waals surface area contributed by atoms with Gasteiger partial charge in [-0.1, -0.05) is 37.6 Å². The molecule has 2 N–H and O–H groups in total. The van der Waals surface area contributed by atoms with Gasteiger partial charge in [0.05, 0.1) is 0 Å². The summed E-state index contributed by atoms with van der Waals surface area (Å²) in [4.78, 5) is 2.42. The van der Waals surface area contributed by atoms with E-state index < -0.39 is 0 Å². The maximum absolute atomic E-state index is 6.32. The first-order chi connectivity index (χ1) is 7.74. The normalized spacial score (nSPS) is 23.8. The van der Waals surface area contributed by atoms with E-state index in [0.29, 0.717) is 6.04 Å². The Hall–Kier alpha value is -0.860. The number of fused-ring (bicyclic) bond motifs is 1. The van der Waals surface area contributed by atoms with E-state index in [0.717, 1.165) is 13.0 Å². The Kier molecular flexibility index (Phi) is 3.62. The molecular formula is C14H22N2. The maximum atomic E-state index is 6.32. The zero-order valence-electron chi connectivity index (χ0n) is 10.3. The molecule has 0 fully saturated rings. The lowest BCUT2D eigenvalue weighted by Crippen LogP contribution is -2.38. The Balaban J connectivity index is 2.06. The van der Waals surface area contributed by atoms with Crippen molar-refractivity contribution in [2.24, 2.45) is 5.73 Å². The lowest BCUT2D eigenvalue weighted by Gasteiger charge is -2.27. The quantitative estimate of drug-likeness (QED) is 0.840. The van der Waals surface area contributed by atoms with Gasteiger partial charge in [-0.15, -0.1) is 0 Å². The topological polar surface area (TPSA) is 29.3 Å². The molecule has 2 nitrogen and oxygen atoms in total. The van der Waals surface area contributed by atoms with Gasteiger partial charge in [0.2, 0.25) is 0 Å². The fraction of sp³-hybridized carbons (Fsp3) is 0.571. The van der Waals surface area contributed by atoms with E-state index in [4.69, 9.17) is 5.73 Å². The van der Waals surface area contributed by atoms with E-state index in [2.05, 4.69) is 43.1 Å². The van der Waals surface area contributed by atoms with Crippen molar-refractivity contribution in [1.29, 1.82) is 0 Å². The highest BCUT2D eigenvalue weighted by Gasteiger charge is 2.31. The molecule has 1 aliphatic rings. The Labute approximate surface area is 98.4 Å². The van der Waals surface area contributed by atoms with Gasteiger partial charge in [0, 0.05) is 12.1 Å². The highest BCUT2D eigenvalue weighted by molar-refractivity contribution is 5.36. The van der Waals surface area contributed by atoms with Crippen LogP contribution in [0.15, 0.2) is 24.3 Å². The highest BCUT2D eigenvalue weighted by Crippen LogP contribution is 2.32. The summed E-state index contributed by atoms with van der Waals surface area (Å²) >= 11 is 0. The van der Waals surface area contributed by atoms with Gasteiger partial charge in [-0.2, -0.15) is 0 Å². The summed E-state index contributed by atoms with van der Waals surface area (Å²) in [6, 6.07) is 9.27. The molecule has 2 rings (SSSR count). The van der Waals surface area contributed by atoms with Crippen LogP contribution >= 0.6 is 0 Å². The van der Waals surface area contributed by atoms with Gasteiger partial charge >= 0.3 is 0 Å². The van der Waals surface area contributed by atoms with Crippen LogP contribution in [0.4, 0.5) is 0 Å². The van der Waals surface area contributed by atoms with Gasteiger partial charge in [0.15, 0.2) is 0 Å². The molecule has 1 aliphatic carbocycles. The third-order valence-corrected chi connectivity index (χ3v) is 3.69. The number of benzene rings is 1. The second-order valence-corrected chi connectivity index (χ2v) is 4.83. The van der Waals surface area contributed by atoms with E-state index in [1.807, 2.05) is 0 Å². The number of unbranched alkanes of at least 4 members (excludes halogenated alkanes) is 1. The molecule has 0 radical (unpaired) electrons. The molecule has 88 valence electrons. The molecule has 2 heteroatoms. The molecule has 1 aromatic carbocycles. The number of hydrogen-bond acceptors (Lipinski definition) is 2. The minimum absolute atomic E-state index is 0.193. The second kappa shape index (κ2) is 4.98. The van der Waals surface area contributed by atoms with Crippen LogP contribution < -0.4 is 5.73 Å². The van der Waals surface area contributed by atoms with Crippen LogP contribution in [-0.2, 0) is 6.42 Å². The van der Waals surface area contributed by atoms with Crippen molar-refractivity contribution in [3.05, 3.63) is 35.4 Å². The standard InChI is InChI=1S/C14H22N2/c1-3-4-9-16(2)13-10-11-7-5-6-8-12(11)14(13)15/h5-8,13-14H,3-4,9-10,15H2,1-2H3. The Morgan fingerprint density at radius 1 is 1.38 bits per heavy atom. The molecule has 0 bridgehead atoms. The fourth-order valence-corrected chi connectivity index (χ4v) is 2.61. The molecule has 0 spiro atoms.